The highest BCUT2D eigenvalue weighted by Crippen LogP contribution is 2.09. The van der Waals surface area contributed by atoms with Crippen LogP contribution in [0.2, 0.25) is 0 Å². The van der Waals surface area contributed by atoms with Gasteiger partial charge < -0.3 is 18.9 Å². The molecule has 0 fully saturated rings. The molecule has 0 saturated carbocycles. The van der Waals surface area contributed by atoms with E-state index in [-0.39, 0.29) is 37.6 Å². The van der Waals surface area contributed by atoms with Gasteiger partial charge in [0.1, 0.15) is 13.2 Å². The first kappa shape index (κ1) is 23.2. The Kier molecular flexibility index (Phi) is 9.45. The highest BCUT2D eigenvalue weighted by molar-refractivity contribution is 5.95. The maximum atomic E-state index is 12.2. The zero-order valence-corrected chi connectivity index (χ0v) is 17.8. The van der Waals surface area contributed by atoms with Gasteiger partial charge in [0.25, 0.3) is 0 Å². The number of carbonyl (C=O) groups is 2. The zero-order chi connectivity index (χ0) is 22.4. The Bertz CT molecular complexity index is 895. The van der Waals surface area contributed by atoms with E-state index in [9.17, 15) is 9.59 Å². The SMILES string of the molecule is O=C(OCCOCc1ccccc1)c1cccc(C(=O)OCCOCc2ccccc2)c1. The molecule has 0 atom stereocenters. The quantitative estimate of drug-likeness (QED) is 0.310. The molecule has 0 radical (unpaired) electrons. The number of esters is 2. The van der Waals surface area contributed by atoms with E-state index in [0.29, 0.717) is 13.2 Å². The maximum absolute atomic E-state index is 12.2. The Hall–Kier alpha value is -3.48. The third-order valence-electron chi connectivity index (χ3n) is 4.48. The van der Waals surface area contributed by atoms with Crippen LogP contribution in [0.15, 0.2) is 84.9 Å². The molecule has 0 bridgehead atoms. The summed E-state index contributed by atoms with van der Waals surface area (Å²) in [6.45, 7) is 1.72. The molecule has 0 N–H and O–H groups in total. The second-order valence-corrected chi connectivity index (χ2v) is 6.93. The van der Waals surface area contributed by atoms with Crippen molar-refractivity contribution in [2.75, 3.05) is 26.4 Å². The molecule has 0 aliphatic heterocycles. The van der Waals surface area contributed by atoms with Crippen LogP contribution < -0.4 is 0 Å². The Morgan fingerprint density at radius 3 is 1.41 bits per heavy atom. The molecule has 3 aromatic rings. The van der Waals surface area contributed by atoms with Crippen molar-refractivity contribution in [2.45, 2.75) is 13.2 Å². The van der Waals surface area contributed by atoms with Crippen LogP contribution in [0.3, 0.4) is 0 Å². The molecule has 0 saturated heterocycles. The lowest BCUT2D eigenvalue weighted by Crippen LogP contribution is -2.13. The normalized spacial score (nSPS) is 10.5. The lowest BCUT2D eigenvalue weighted by molar-refractivity contribution is 0.0285. The minimum Gasteiger partial charge on any atom is -0.460 e. The van der Waals surface area contributed by atoms with Crippen molar-refractivity contribution in [1.82, 2.24) is 0 Å². The summed E-state index contributed by atoms with van der Waals surface area (Å²) < 4.78 is 21.4. The van der Waals surface area contributed by atoms with Crippen molar-refractivity contribution in [1.29, 1.82) is 0 Å². The van der Waals surface area contributed by atoms with Gasteiger partial charge in [-0.2, -0.15) is 0 Å². The highest BCUT2D eigenvalue weighted by atomic mass is 16.6. The van der Waals surface area contributed by atoms with Gasteiger partial charge in [-0.05, 0) is 29.3 Å². The lowest BCUT2D eigenvalue weighted by atomic mass is 10.1. The molecule has 0 aliphatic rings. The average molecular weight is 434 g/mol. The van der Waals surface area contributed by atoms with Crippen molar-refractivity contribution in [2.24, 2.45) is 0 Å². The van der Waals surface area contributed by atoms with Gasteiger partial charge in [-0.25, -0.2) is 9.59 Å². The van der Waals surface area contributed by atoms with Crippen molar-refractivity contribution >= 4 is 11.9 Å². The number of ether oxygens (including phenoxy) is 4. The smallest absolute Gasteiger partial charge is 0.338 e. The van der Waals surface area contributed by atoms with Gasteiger partial charge in [0.05, 0.1) is 37.6 Å². The van der Waals surface area contributed by atoms with Crippen molar-refractivity contribution in [3.63, 3.8) is 0 Å². The zero-order valence-electron chi connectivity index (χ0n) is 17.8. The Labute approximate surface area is 187 Å². The third kappa shape index (κ3) is 7.98. The van der Waals surface area contributed by atoms with Crippen molar-refractivity contribution < 1.29 is 28.5 Å². The maximum Gasteiger partial charge on any atom is 0.338 e. The van der Waals surface area contributed by atoms with Crippen LogP contribution in [-0.4, -0.2) is 38.4 Å². The summed E-state index contributed by atoms with van der Waals surface area (Å²) in [7, 11) is 0. The van der Waals surface area contributed by atoms with Gasteiger partial charge in [-0.15, -0.1) is 0 Å². The Morgan fingerprint density at radius 1 is 0.531 bits per heavy atom. The largest absolute Gasteiger partial charge is 0.460 e. The van der Waals surface area contributed by atoms with Gasteiger partial charge in [0.15, 0.2) is 0 Å². The van der Waals surface area contributed by atoms with Gasteiger partial charge >= 0.3 is 11.9 Å². The van der Waals surface area contributed by atoms with Crippen LogP contribution in [0.25, 0.3) is 0 Å². The molecule has 32 heavy (non-hydrogen) atoms. The van der Waals surface area contributed by atoms with Crippen molar-refractivity contribution in [3.8, 4) is 0 Å². The number of hydrogen-bond donors (Lipinski definition) is 0. The van der Waals surface area contributed by atoms with E-state index >= 15 is 0 Å². The fourth-order valence-electron chi connectivity index (χ4n) is 2.85. The van der Waals surface area contributed by atoms with Crippen LogP contribution in [-0.2, 0) is 32.2 Å². The van der Waals surface area contributed by atoms with Crippen LogP contribution in [0, 0.1) is 0 Å². The van der Waals surface area contributed by atoms with Crippen LogP contribution >= 0.6 is 0 Å². The van der Waals surface area contributed by atoms with Gasteiger partial charge in [-0.1, -0.05) is 66.7 Å². The number of benzene rings is 3. The summed E-state index contributed by atoms with van der Waals surface area (Å²) in [5, 5.41) is 0. The van der Waals surface area contributed by atoms with E-state index < -0.39 is 11.9 Å². The Balaban J connectivity index is 1.34. The van der Waals surface area contributed by atoms with E-state index in [1.54, 1.807) is 18.2 Å². The monoisotopic (exact) mass is 434 g/mol. The van der Waals surface area contributed by atoms with E-state index in [1.807, 2.05) is 60.7 Å². The predicted molar refractivity (Wildman–Crippen MR) is 119 cm³/mol. The highest BCUT2D eigenvalue weighted by Gasteiger charge is 2.12. The minimum atomic E-state index is -0.519. The molecule has 0 aliphatic carbocycles. The van der Waals surface area contributed by atoms with E-state index in [0.717, 1.165) is 11.1 Å². The van der Waals surface area contributed by atoms with Crippen LogP contribution in [0.1, 0.15) is 31.8 Å². The molecule has 0 amide bonds. The molecular formula is C26H26O6. The number of carbonyl (C=O) groups excluding carboxylic acids is 2. The number of hydrogen-bond acceptors (Lipinski definition) is 6. The van der Waals surface area contributed by atoms with Gasteiger partial charge in [-0.3, -0.25) is 0 Å². The topological polar surface area (TPSA) is 71.1 Å². The first-order chi connectivity index (χ1) is 15.7. The van der Waals surface area contributed by atoms with Gasteiger partial charge in [0.2, 0.25) is 0 Å². The lowest BCUT2D eigenvalue weighted by Gasteiger charge is -2.08. The third-order valence-corrected chi connectivity index (χ3v) is 4.48. The van der Waals surface area contributed by atoms with Crippen molar-refractivity contribution in [3.05, 3.63) is 107 Å². The van der Waals surface area contributed by atoms with Crippen LogP contribution in [0.5, 0.6) is 0 Å². The molecule has 166 valence electrons. The first-order valence-corrected chi connectivity index (χ1v) is 10.4. The summed E-state index contributed by atoms with van der Waals surface area (Å²) in [4.78, 5) is 24.5. The standard InChI is InChI=1S/C26H26O6/c27-25(31-16-14-29-19-21-8-3-1-4-9-21)23-12-7-13-24(18-23)26(28)32-17-15-30-20-22-10-5-2-6-11-22/h1-13,18H,14-17,19-20H2. The molecule has 3 aromatic carbocycles. The molecule has 0 unspecified atom stereocenters. The Morgan fingerprint density at radius 2 is 0.969 bits per heavy atom. The van der Waals surface area contributed by atoms with Crippen LogP contribution in [0.4, 0.5) is 0 Å². The summed E-state index contributed by atoms with van der Waals surface area (Å²) in [5.41, 5.74) is 2.66. The fraction of sp³-hybridized carbons (Fsp3) is 0.231. The van der Waals surface area contributed by atoms with E-state index in [2.05, 4.69) is 0 Å². The predicted octanol–water partition coefficient (Wildman–Crippen LogP) is 4.43. The molecule has 0 spiro atoms. The van der Waals surface area contributed by atoms with E-state index in [1.165, 1.54) is 6.07 Å². The summed E-state index contributed by atoms with van der Waals surface area (Å²) in [5.74, 6) is -1.04. The second-order valence-electron chi connectivity index (χ2n) is 6.93. The average Bonchev–Trinajstić information content (AvgIpc) is 2.84. The summed E-state index contributed by atoms with van der Waals surface area (Å²) in [6, 6.07) is 25.7. The number of rotatable bonds is 12. The molecule has 0 aromatic heterocycles. The van der Waals surface area contributed by atoms with E-state index in [4.69, 9.17) is 18.9 Å². The molecule has 6 heteroatoms. The molecule has 6 nitrogen and oxygen atoms in total. The van der Waals surface area contributed by atoms with Gasteiger partial charge in [0, 0.05) is 0 Å². The first-order valence-electron chi connectivity index (χ1n) is 10.4. The minimum absolute atomic E-state index is 0.124. The molecular weight excluding hydrogens is 408 g/mol. The molecule has 3 rings (SSSR count). The second kappa shape index (κ2) is 13.0. The summed E-state index contributed by atoms with van der Waals surface area (Å²) in [6.07, 6.45) is 0. The molecule has 0 heterocycles. The fourth-order valence-corrected chi connectivity index (χ4v) is 2.85. The summed E-state index contributed by atoms with van der Waals surface area (Å²) >= 11 is 0.